The first-order valence-corrected chi connectivity index (χ1v) is 15.1. The monoisotopic (exact) mass is 700 g/mol. The molecule has 0 N–H and O–H groups in total. The van der Waals surface area contributed by atoms with Crippen LogP contribution in [-0.4, -0.2) is 9.97 Å². The van der Waals surface area contributed by atoms with Gasteiger partial charge in [0, 0.05) is 29.2 Å². The van der Waals surface area contributed by atoms with Crippen LogP contribution in [0.3, 0.4) is 0 Å². The molecule has 0 bridgehead atoms. The van der Waals surface area contributed by atoms with Gasteiger partial charge in [-0.3, -0.25) is 0 Å². The number of fused-ring (bicyclic) bond motifs is 6. The largest absolute Gasteiger partial charge is 0.419 e. The lowest BCUT2D eigenvalue weighted by molar-refractivity contribution is -0.139. The van der Waals surface area contributed by atoms with Crippen molar-refractivity contribution in [1.29, 1.82) is 21.0 Å². The molecule has 6 nitrogen and oxygen atoms in total. The fourth-order valence-corrected chi connectivity index (χ4v) is 6.43. The van der Waals surface area contributed by atoms with Crippen molar-refractivity contribution < 1.29 is 30.7 Å². The fraction of sp³-hybridized carbons (Fsp3) is 0.0769. The third-order valence-electron chi connectivity index (χ3n) is 8.78. The first-order valence-electron chi connectivity index (χ1n) is 15.1. The Hall–Kier alpha value is -7.09. The van der Waals surface area contributed by atoms with E-state index in [1.165, 1.54) is 30.3 Å². The van der Waals surface area contributed by atoms with E-state index in [-0.39, 0.29) is 67.3 Å². The normalized spacial score (nSPS) is 12.5. The molecule has 13 heteroatoms. The van der Waals surface area contributed by atoms with Gasteiger partial charge in [0.15, 0.2) is 0 Å². The Balaban J connectivity index is 1.44. The number of nitrogens with zero attached hydrogens (tertiary/aromatic N) is 6. The second-order valence-corrected chi connectivity index (χ2v) is 11.9. The second kappa shape index (κ2) is 11.8. The molecule has 0 fully saturated rings. The van der Waals surface area contributed by atoms with E-state index in [9.17, 15) is 51.8 Å². The highest BCUT2D eigenvalue weighted by atomic mass is 19.4. The first-order chi connectivity index (χ1) is 24.7. The van der Waals surface area contributed by atoms with Gasteiger partial charge < -0.3 is 0 Å². The summed E-state index contributed by atoms with van der Waals surface area (Å²) < 4.78 is 97.3. The predicted molar refractivity (Wildman–Crippen MR) is 173 cm³/mol. The van der Waals surface area contributed by atoms with Crippen molar-refractivity contribution in [2.24, 2.45) is 0 Å². The Kier molecular flexibility index (Phi) is 7.56. The molecule has 0 radical (unpaired) electrons. The van der Waals surface area contributed by atoms with Crippen LogP contribution in [0.5, 0.6) is 0 Å². The number of allylic oxidation sites excluding steroid dienone is 2. The smallest absolute Gasteiger partial charge is 0.243 e. The van der Waals surface area contributed by atoms with Crippen molar-refractivity contribution in [3.63, 3.8) is 0 Å². The van der Waals surface area contributed by atoms with Gasteiger partial charge in [-0.2, -0.15) is 34.2 Å². The summed E-state index contributed by atoms with van der Waals surface area (Å²) in [5, 5.41) is 39.8. The molecule has 4 aromatic carbocycles. The summed E-state index contributed by atoms with van der Waals surface area (Å²) >= 11 is 0. The van der Waals surface area contributed by atoms with Gasteiger partial charge in [-0.15, -0.1) is 0 Å². The van der Waals surface area contributed by atoms with Crippen molar-refractivity contribution in [2.75, 3.05) is 0 Å². The van der Waals surface area contributed by atoms with Crippen molar-refractivity contribution in [3.05, 3.63) is 129 Å². The molecular weight excluding hydrogens is 685 g/mol. The highest BCUT2D eigenvalue weighted by molar-refractivity contribution is 6.07. The number of benzene rings is 4. The zero-order valence-electron chi connectivity index (χ0n) is 26.3. The number of halogens is 7. The standard InChI is InChI=1S/C39H15F7N6/c1-38(42,43)28-12-20(4-8-30(28)40)18-2-6-24-26(10-18)32(22(14-47)15-48)36-34(24)51-37-33(23(16-49)17-50)27-11-19(3-7-25(27)35(37)52-36)21-5-9-31(41)29(13-21)39(44,45)46/h2-13H,1H3. The second-order valence-electron chi connectivity index (χ2n) is 11.9. The molecular formula is C39H15F7N6. The molecule has 0 amide bonds. The molecule has 5 aromatic rings. The summed E-state index contributed by atoms with van der Waals surface area (Å²) in [5.74, 6) is -6.04. The van der Waals surface area contributed by atoms with Crippen LogP contribution >= 0.6 is 0 Å². The van der Waals surface area contributed by atoms with E-state index in [0.29, 0.717) is 41.3 Å². The predicted octanol–water partition coefficient (Wildman–Crippen LogP) is 9.88. The molecule has 1 aromatic heterocycles. The van der Waals surface area contributed by atoms with Crippen molar-refractivity contribution in [2.45, 2.75) is 19.0 Å². The SMILES string of the molecule is CC(F)(F)c1cc(-c2ccc3c(c2)C(=C(C#N)C#N)c2nc4c(nc2-3)C(=C(C#N)C#N)c2cc(-c3ccc(F)c(C(F)(F)F)c3)ccc2-4)ccc1F. The van der Waals surface area contributed by atoms with E-state index in [1.54, 1.807) is 12.1 Å². The lowest BCUT2D eigenvalue weighted by atomic mass is 9.94. The molecule has 0 atom stereocenters. The molecule has 2 aliphatic carbocycles. The van der Waals surface area contributed by atoms with Crippen molar-refractivity contribution in [1.82, 2.24) is 9.97 Å². The van der Waals surface area contributed by atoms with Gasteiger partial charge >= 0.3 is 6.18 Å². The van der Waals surface area contributed by atoms with Crippen LogP contribution in [0.4, 0.5) is 30.7 Å². The zero-order valence-corrected chi connectivity index (χ0v) is 26.3. The number of aromatic nitrogens is 2. The molecule has 0 aliphatic heterocycles. The molecule has 0 saturated carbocycles. The summed E-state index contributed by atoms with van der Waals surface area (Å²) in [6.07, 6.45) is -4.97. The molecule has 0 unspecified atom stereocenters. The minimum atomic E-state index is -4.97. The lowest BCUT2D eigenvalue weighted by Gasteiger charge is -2.14. The quantitative estimate of drug-likeness (QED) is 0.134. The highest BCUT2D eigenvalue weighted by Crippen LogP contribution is 2.51. The van der Waals surface area contributed by atoms with Gasteiger partial charge in [0.2, 0.25) is 0 Å². The van der Waals surface area contributed by atoms with Gasteiger partial charge in [0.05, 0.1) is 22.5 Å². The third kappa shape index (κ3) is 5.16. The van der Waals surface area contributed by atoms with Crippen LogP contribution in [0.25, 0.3) is 55.9 Å². The van der Waals surface area contributed by atoms with Crippen LogP contribution in [0.15, 0.2) is 83.9 Å². The summed E-state index contributed by atoms with van der Waals surface area (Å²) in [4.78, 5) is 9.57. The zero-order chi connectivity index (χ0) is 37.3. The number of hydrogen-bond donors (Lipinski definition) is 0. The van der Waals surface area contributed by atoms with Gasteiger partial charge in [-0.25, -0.2) is 27.5 Å². The number of hydrogen-bond acceptors (Lipinski definition) is 6. The first kappa shape index (κ1) is 33.4. The van der Waals surface area contributed by atoms with Crippen molar-refractivity contribution >= 4 is 11.1 Å². The van der Waals surface area contributed by atoms with Crippen LogP contribution < -0.4 is 0 Å². The van der Waals surface area contributed by atoms with E-state index in [4.69, 9.17) is 9.97 Å². The van der Waals surface area contributed by atoms with E-state index < -0.39 is 34.9 Å². The minimum Gasteiger partial charge on any atom is -0.243 e. The maximum atomic E-state index is 14.3. The maximum Gasteiger partial charge on any atom is 0.419 e. The van der Waals surface area contributed by atoms with Gasteiger partial charge in [-0.05, 0) is 69.8 Å². The molecule has 1 heterocycles. The Labute approximate surface area is 289 Å². The Bertz CT molecular complexity index is 2460. The van der Waals surface area contributed by atoms with E-state index in [0.717, 1.165) is 18.2 Å². The fourth-order valence-electron chi connectivity index (χ4n) is 6.43. The molecule has 7 rings (SSSR count). The minimum absolute atomic E-state index is 0.00396. The molecule has 2 aliphatic rings. The third-order valence-corrected chi connectivity index (χ3v) is 8.78. The van der Waals surface area contributed by atoms with Gasteiger partial charge in [0.1, 0.15) is 58.4 Å². The average molecular weight is 701 g/mol. The summed E-state index contributed by atoms with van der Waals surface area (Å²) in [7, 11) is 0. The van der Waals surface area contributed by atoms with E-state index in [2.05, 4.69) is 0 Å². The number of alkyl halides is 5. The molecule has 0 saturated heterocycles. The molecule has 0 spiro atoms. The summed E-state index contributed by atoms with van der Waals surface area (Å²) in [6, 6.07) is 22.1. The van der Waals surface area contributed by atoms with Crippen molar-refractivity contribution in [3.8, 4) is 69.0 Å². The number of nitriles is 4. The maximum absolute atomic E-state index is 14.3. The Morgan fingerprint density at radius 1 is 0.500 bits per heavy atom. The van der Waals surface area contributed by atoms with Crippen LogP contribution in [-0.2, 0) is 12.1 Å². The van der Waals surface area contributed by atoms with Gasteiger partial charge in [-0.1, -0.05) is 36.4 Å². The van der Waals surface area contributed by atoms with Gasteiger partial charge in [0.25, 0.3) is 5.92 Å². The number of rotatable bonds is 3. The van der Waals surface area contributed by atoms with Crippen LogP contribution in [0.1, 0.15) is 40.6 Å². The average Bonchev–Trinajstić information content (AvgIpc) is 3.59. The molecule has 52 heavy (non-hydrogen) atoms. The Morgan fingerprint density at radius 3 is 1.25 bits per heavy atom. The Morgan fingerprint density at radius 2 is 0.865 bits per heavy atom. The topological polar surface area (TPSA) is 121 Å². The summed E-state index contributed by atoms with van der Waals surface area (Å²) in [6.45, 7) is 0.566. The van der Waals surface area contributed by atoms with E-state index >= 15 is 0 Å². The van der Waals surface area contributed by atoms with Crippen LogP contribution in [0, 0.1) is 57.0 Å². The summed E-state index contributed by atoms with van der Waals surface area (Å²) in [5.41, 5.74) is -0.497. The van der Waals surface area contributed by atoms with E-state index in [1.807, 2.05) is 24.3 Å². The highest BCUT2D eigenvalue weighted by Gasteiger charge is 2.38. The molecule has 250 valence electrons. The lowest BCUT2D eigenvalue weighted by Crippen LogP contribution is -2.09. The van der Waals surface area contributed by atoms with Crippen LogP contribution in [0.2, 0.25) is 0 Å².